The van der Waals surface area contributed by atoms with E-state index in [2.05, 4.69) is 22.9 Å². The SMILES string of the molecule is CCCCOc1ccc(C(=O)Oc2ccccc2Cl)cc1Br. The van der Waals surface area contributed by atoms with Crippen LogP contribution >= 0.6 is 27.5 Å². The third kappa shape index (κ3) is 4.49. The predicted molar refractivity (Wildman–Crippen MR) is 91.0 cm³/mol. The highest BCUT2D eigenvalue weighted by Crippen LogP contribution is 2.28. The largest absolute Gasteiger partial charge is 0.492 e. The average Bonchev–Trinajstić information content (AvgIpc) is 2.51. The Morgan fingerprint density at radius 2 is 1.95 bits per heavy atom. The lowest BCUT2D eigenvalue weighted by atomic mass is 10.2. The first kappa shape index (κ1) is 16.8. The Kier molecular flexibility index (Phi) is 6.28. The number of ether oxygens (including phenoxy) is 2. The van der Waals surface area contributed by atoms with Gasteiger partial charge in [0.05, 0.1) is 21.7 Å². The second-order valence-electron chi connectivity index (χ2n) is 4.67. The molecule has 0 atom stereocenters. The van der Waals surface area contributed by atoms with Crippen molar-refractivity contribution in [3.8, 4) is 11.5 Å². The number of benzene rings is 2. The van der Waals surface area contributed by atoms with E-state index >= 15 is 0 Å². The molecule has 0 spiro atoms. The van der Waals surface area contributed by atoms with E-state index in [0.29, 0.717) is 28.7 Å². The highest BCUT2D eigenvalue weighted by atomic mass is 79.9. The van der Waals surface area contributed by atoms with Gasteiger partial charge < -0.3 is 9.47 Å². The van der Waals surface area contributed by atoms with Crippen molar-refractivity contribution < 1.29 is 14.3 Å². The van der Waals surface area contributed by atoms with Gasteiger partial charge in [-0.3, -0.25) is 0 Å². The Labute approximate surface area is 143 Å². The Balaban J connectivity index is 2.07. The molecule has 3 nitrogen and oxygen atoms in total. The Hall–Kier alpha value is -1.52. The topological polar surface area (TPSA) is 35.5 Å². The molecule has 22 heavy (non-hydrogen) atoms. The highest BCUT2D eigenvalue weighted by Gasteiger charge is 2.13. The van der Waals surface area contributed by atoms with E-state index in [1.807, 2.05) is 0 Å². The maximum Gasteiger partial charge on any atom is 0.343 e. The molecule has 0 unspecified atom stereocenters. The van der Waals surface area contributed by atoms with Crippen molar-refractivity contribution in [2.45, 2.75) is 19.8 Å². The monoisotopic (exact) mass is 382 g/mol. The van der Waals surface area contributed by atoms with E-state index in [4.69, 9.17) is 21.1 Å². The van der Waals surface area contributed by atoms with E-state index in [9.17, 15) is 4.79 Å². The van der Waals surface area contributed by atoms with E-state index in [1.54, 1.807) is 42.5 Å². The van der Waals surface area contributed by atoms with Crippen LogP contribution in [0.15, 0.2) is 46.9 Å². The smallest absolute Gasteiger partial charge is 0.343 e. The third-order valence-electron chi connectivity index (χ3n) is 2.96. The lowest BCUT2D eigenvalue weighted by Crippen LogP contribution is -2.09. The Bertz CT molecular complexity index is 658. The molecule has 2 aromatic carbocycles. The molecule has 0 radical (unpaired) electrons. The summed E-state index contributed by atoms with van der Waals surface area (Å²) in [6, 6.07) is 12.0. The standard InChI is InChI=1S/C17H16BrClO3/c1-2-3-10-21-15-9-8-12(11-13(15)18)17(20)22-16-7-5-4-6-14(16)19/h4-9,11H,2-3,10H2,1H3. The molecular weight excluding hydrogens is 368 g/mol. The molecule has 0 aromatic heterocycles. The normalized spacial score (nSPS) is 10.3. The molecule has 2 aromatic rings. The number of hydrogen-bond donors (Lipinski definition) is 0. The first-order valence-corrected chi connectivity index (χ1v) is 8.18. The van der Waals surface area contributed by atoms with Crippen LogP contribution in [0.3, 0.4) is 0 Å². The van der Waals surface area contributed by atoms with Crippen LogP contribution in [0.2, 0.25) is 5.02 Å². The predicted octanol–water partition coefficient (Wildman–Crippen LogP) is 5.50. The second kappa shape index (κ2) is 8.20. The van der Waals surface area contributed by atoms with Crippen molar-refractivity contribution in [1.29, 1.82) is 0 Å². The maximum atomic E-state index is 12.1. The first-order valence-electron chi connectivity index (χ1n) is 7.01. The van der Waals surface area contributed by atoms with Gasteiger partial charge in [-0.15, -0.1) is 0 Å². The maximum absolute atomic E-state index is 12.1. The summed E-state index contributed by atoms with van der Waals surface area (Å²) >= 11 is 9.39. The molecule has 116 valence electrons. The fourth-order valence-electron chi connectivity index (χ4n) is 1.76. The van der Waals surface area contributed by atoms with Gasteiger partial charge in [-0.25, -0.2) is 4.79 Å². The Morgan fingerprint density at radius 3 is 2.64 bits per heavy atom. The van der Waals surface area contributed by atoms with E-state index in [-0.39, 0.29) is 0 Å². The second-order valence-corrected chi connectivity index (χ2v) is 5.93. The van der Waals surface area contributed by atoms with Crippen LogP contribution in [-0.4, -0.2) is 12.6 Å². The molecule has 0 aliphatic rings. The zero-order chi connectivity index (χ0) is 15.9. The Morgan fingerprint density at radius 1 is 1.18 bits per heavy atom. The molecule has 0 saturated heterocycles. The van der Waals surface area contributed by atoms with E-state index in [1.165, 1.54) is 0 Å². The van der Waals surface area contributed by atoms with Gasteiger partial charge >= 0.3 is 5.97 Å². The van der Waals surface area contributed by atoms with Gasteiger partial charge in [-0.05, 0) is 52.7 Å². The third-order valence-corrected chi connectivity index (χ3v) is 3.89. The van der Waals surface area contributed by atoms with Crippen molar-refractivity contribution in [1.82, 2.24) is 0 Å². The number of rotatable bonds is 6. The van der Waals surface area contributed by atoms with Gasteiger partial charge in [0.15, 0.2) is 0 Å². The van der Waals surface area contributed by atoms with Crippen LogP contribution in [0.5, 0.6) is 11.5 Å². The number of halogens is 2. The number of esters is 1. The van der Waals surface area contributed by atoms with Crippen LogP contribution in [0.4, 0.5) is 0 Å². The lowest BCUT2D eigenvalue weighted by molar-refractivity contribution is 0.0734. The fourth-order valence-corrected chi connectivity index (χ4v) is 2.43. The van der Waals surface area contributed by atoms with Crippen LogP contribution in [0.1, 0.15) is 30.1 Å². The molecule has 0 aliphatic heterocycles. The van der Waals surface area contributed by atoms with Gasteiger partial charge in [-0.1, -0.05) is 37.1 Å². The first-order chi connectivity index (χ1) is 10.6. The molecule has 0 bridgehead atoms. The molecule has 0 N–H and O–H groups in total. The zero-order valence-electron chi connectivity index (χ0n) is 12.1. The fraction of sp³-hybridized carbons (Fsp3) is 0.235. The molecule has 0 amide bonds. The highest BCUT2D eigenvalue weighted by molar-refractivity contribution is 9.10. The van der Waals surface area contributed by atoms with Gasteiger partial charge in [0.2, 0.25) is 0 Å². The van der Waals surface area contributed by atoms with Crippen LogP contribution < -0.4 is 9.47 Å². The summed E-state index contributed by atoms with van der Waals surface area (Å²) in [7, 11) is 0. The van der Waals surface area contributed by atoms with Crippen molar-refractivity contribution in [2.75, 3.05) is 6.61 Å². The molecule has 0 aliphatic carbocycles. The van der Waals surface area contributed by atoms with Crippen molar-refractivity contribution in [3.63, 3.8) is 0 Å². The summed E-state index contributed by atoms with van der Waals surface area (Å²) in [5.41, 5.74) is 0.426. The van der Waals surface area contributed by atoms with Crippen LogP contribution in [-0.2, 0) is 0 Å². The van der Waals surface area contributed by atoms with E-state index < -0.39 is 5.97 Å². The molecular formula is C17H16BrClO3. The summed E-state index contributed by atoms with van der Waals surface area (Å²) in [4.78, 5) is 12.1. The summed E-state index contributed by atoms with van der Waals surface area (Å²) in [5.74, 6) is 0.588. The minimum absolute atomic E-state index is 0.341. The average molecular weight is 384 g/mol. The summed E-state index contributed by atoms with van der Waals surface area (Å²) < 4.78 is 11.6. The van der Waals surface area contributed by atoms with Crippen molar-refractivity contribution in [3.05, 3.63) is 57.5 Å². The minimum Gasteiger partial charge on any atom is -0.492 e. The van der Waals surface area contributed by atoms with Crippen LogP contribution in [0.25, 0.3) is 0 Å². The van der Waals surface area contributed by atoms with Gasteiger partial charge in [0.1, 0.15) is 11.5 Å². The molecule has 0 fully saturated rings. The van der Waals surface area contributed by atoms with Crippen molar-refractivity contribution in [2.24, 2.45) is 0 Å². The molecule has 5 heteroatoms. The quantitative estimate of drug-likeness (QED) is 0.375. The number of hydrogen-bond acceptors (Lipinski definition) is 3. The molecule has 2 rings (SSSR count). The minimum atomic E-state index is -0.464. The summed E-state index contributed by atoms with van der Waals surface area (Å²) in [6.07, 6.45) is 2.06. The molecule has 0 saturated carbocycles. The number of unbranched alkanes of at least 4 members (excludes halogenated alkanes) is 1. The molecule has 0 heterocycles. The summed E-state index contributed by atoms with van der Waals surface area (Å²) in [6.45, 7) is 2.75. The van der Waals surface area contributed by atoms with Crippen LogP contribution in [0, 0.1) is 0 Å². The van der Waals surface area contributed by atoms with Gasteiger partial charge in [0, 0.05) is 0 Å². The number of carbonyl (C=O) groups excluding carboxylic acids is 1. The number of para-hydroxylation sites is 1. The van der Waals surface area contributed by atoms with Crippen molar-refractivity contribution >= 4 is 33.5 Å². The summed E-state index contributed by atoms with van der Waals surface area (Å²) in [5, 5.41) is 0.398. The number of carbonyl (C=O) groups is 1. The van der Waals surface area contributed by atoms with Gasteiger partial charge in [-0.2, -0.15) is 0 Å². The zero-order valence-corrected chi connectivity index (χ0v) is 14.5. The van der Waals surface area contributed by atoms with Gasteiger partial charge in [0.25, 0.3) is 0 Å². The van der Waals surface area contributed by atoms with E-state index in [0.717, 1.165) is 17.3 Å². The lowest BCUT2D eigenvalue weighted by Gasteiger charge is -2.10.